The minimum Gasteiger partial charge on any atom is -0.497 e. The number of hydrogen-bond donors (Lipinski definition) is 2. The van der Waals surface area contributed by atoms with E-state index in [4.69, 9.17) is 4.74 Å². The van der Waals surface area contributed by atoms with Crippen LogP contribution in [0.25, 0.3) is 0 Å². The SMILES string of the molecule is COc1cccc(C2Nc3ccc(S(=O)(=O)Nc4c(C)cccc4C)cc3C3C=CCC32)c1. The number of hydrogen-bond acceptors (Lipinski definition) is 4. The van der Waals surface area contributed by atoms with Crippen LogP contribution in [0.1, 0.15) is 40.6 Å². The van der Waals surface area contributed by atoms with Crippen LogP contribution in [0.15, 0.2) is 77.7 Å². The molecule has 0 saturated carbocycles. The van der Waals surface area contributed by atoms with Crippen molar-refractivity contribution in [3.63, 3.8) is 0 Å². The van der Waals surface area contributed by atoms with E-state index in [1.807, 2.05) is 56.3 Å². The van der Waals surface area contributed by atoms with Gasteiger partial charge in [0.15, 0.2) is 0 Å². The molecule has 170 valence electrons. The fourth-order valence-electron chi connectivity index (χ4n) is 5.07. The van der Waals surface area contributed by atoms with Crippen LogP contribution < -0.4 is 14.8 Å². The monoisotopic (exact) mass is 460 g/mol. The molecule has 2 N–H and O–H groups in total. The van der Waals surface area contributed by atoms with Gasteiger partial charge in [0.1, 0.15) is 5.75 Å². The third-order valence-corrected chi connectivity index (χ3v) is 8.16. The maximum absolute atomic E-state index is 13.3. The third kappa shape index (κ3) is 3.89. The second-order valence-corrected chi connectivity index (χ2v) is 10.6. The number of fused-ring (bicyclic) bond motifs is 3. The third-order valence-electron chi connectivity index (χ3n) is 6.82. The molecular formula is C27H28N2O3S. The van der Waals surface area contributed by atoms with Gasteiger partial charge in [0.2, 0.25) is 0 Å². The normalized spacial score (nSPS) is 21.1. The number of sulfonamides is 1. The Kier molecular flexibility index (Phi) is 5.41. The van der Waals surface area contributed by atoms with Crippen LogP contribution >= 0.6 is 0 Å². The van der Waals surface area contributed by atoms with E-state index in [0.717, 1.165) is 34.5 Å². The van der Waals surface area contributed by atoms with Gasteiger partial charge in [0.05, 0.1) is 23.7 Å². The summed E-state index contributed by atoms with van der Waals surface area (Å²) in [5.41, 5.74) is 5.62. The minimum atomic E-state index is -3.71. The number of methoxy groups -OCH3 is 1. The Labute approximate surface area is 195 Å². The zero-order chi connectivity index (χ0) is 23.2. The molecule has 1 aliphatic carbocycles. The van der Waals surface area contributed by atoms with Gasteiger partial charge in [0, 0.05) is 11.6 Å². The number of benzene rings is 3. The van der Waals surface area contributed by atoms with Crippen molar-refractivity contribution < 1.29 is 13.2 Å². The summed E-state index contributed by atoms with van der Waals surface area (Å²) in [6.07, 6.45) is 5.36. The predicted molar refractivity (Wildman–Crippen MR) is 133 cm³/mol. The number of para-hydroxylation sites is 1. The molecule has 3 unspecified atom stereocenters. The average Bonchev–Trinajstić information content (AvgIpc) is 3.31. The Hall–Kier alpha value is -3.25. The van der Waals surface area contributed by atoms with E-state index in [1.54, 1.807) is 13.2 Å². The van der Waals surface area contributed by atoms with Gasteiger partial charge in [-0.2, -0.15) is 0 Å². The lowest BCUT2D eigenvalue weighted by atomic mass is 9.77. The highest BCUT2D eigenvalue weighted by atomic mass is 32.2. The first-order chi connectivity index (χ1) is 15.9. The first-order valence-corrected chi connectivity index (χ1v) is 12.7. The van der Waals surface area contributed by atoms with Crippen LogP contribution in [0.3, 0.4) is 0 Å². The van der Waals surface area contributed by atoms with Gasteiger partial charge in [-0.05, 0) is 78.8 Å². The molecule has 1 aliphatic heterocycles. The number of aryl methyl sites for hydroxylation is 2. The van der Waals surface area contributed by atoms with E-state index in [0.29, 0.717) is 11.6 Å². The van der Waals surface area contributed by atoms with Crippen molar-refractivity contribution in [1.29, 1.82) is 0 Å². The molecule has 5 rings (SSSR count). The van der Waals surface area contributed by atoms with Crippen molar-refractivity contribution in [2.24, 2.45) is 5.92 Å². The smallest absolute Gasteiger partial charge is 0.261 e. The van der Waals surface area contributed by atoms with Crippen LogP contribution in [0.4, 0.5) is 11.4 Å². The summed E-state index contributed by atoms with van der Waals surface area (Å²) >= 11 is 0. The summed E-state index contributed by atoms with van der Waals surface area (Å²) in [6.45, 7) is 3.82. The zero-order valence-electron chi connectivity index (χ0n) is 19.0. The van der Waals surface area contributed by atoms with Crippen molar-refractivity contribution in [1.82, 2.24) is 0 Å². The molecule has 2 aliphatic rings. The maximum atomic E-state index is 13.3. The predicted octanol–water partition coefficient (Wildman–Crippen LogP) is 5.94. The molecular weight excluding hydrogens is 432 g/mol. The van der Waals surface area contributed by atoms with Crippen LogP contribution in [-0.4, -0.2) is 15.5 Å². The van der Waals surface area contributed by atoms with Crippen LogP contribution in [0.2, 0.25) is 0 Å². The van der Waals surface area contributed by atoms with Gasteiger partial charge in [-0.3, -0.25) is 4.72 Å². The van der Waals surface area contributed by atoms with Crippen molar-refractivity contribution in [3.8, 4) is 5.75 Å². The lowest BCUT2D eigenvalue weighted by Gasteiger charge is -2.37. The zero-order valence-corrected chi connectivity index (χ0v) is 19.8. The molecule has 0 spiro atoms. The first-order valence-electron chi connectivity index (χ1n) is 11.2. The summed E-state index contributed by atoms with van der Waals surface area (Å²) in [5, 5.41) is 3.67. The van der Waals surface area contributed by atoms with Gasteiger partial charge >= 0.3 is 0 Å². The average molecular weight is 461 g/mol. The molecule has 0 fully saturated rings. The lowest BCUT2D eigenvalue weighted by molar-refractivity contribution is 0.406. The van der Waals surface area contributed by atoms with Crippen LogP contribution in [0.5, 0.6) is 5.75 Å². The Balaban J connectivity index is 1.50. The molecule has 3 aromatic rings. The van der Waals surface area contributed by atoms with E-state index < -0.39 is 10.0 Å². The number of ether oxygens (including phenoxy) is 1. The standard InChI is InChI=1S/C27H28N2O3S/c1-17-7-4-8-18(2)26(17)29-33(30,31)21-13-14-25-24(16-21)22-11-6-12-23(22)27(28-25)19-9-5-10-20(15-19)32-3/h4-11,13-16,22-23,27-29H,12H2,1-3H3. The molecule has 5 nitrogen and oxygen atoms in total. The number of rotatable bonds is 5. The molecule has 33 heavy (non-hydrogen) atoms. The van der Waals surface area contributed by atoms with Crippen molar-refractivity contribution in [2.45, 2.75) is 37.1 Å². The molecule has 0 bridgehead atoms. The number of allylic oxidation sites excluding steroid dienone is 2. The Morgan fingerprint density at radius 2 is 1.76 bits per heavy atom. The fourth-order valence-corrected chi connectivity index (χ4v) is 6.31. The number of nitrogens with one attached hydrogen (secondary N) is 2. The van der Waals surface area contributed by atoms with Gasteiger partial charge in [0.25, 0.3) is 10.0 Å². The van der Waals surface area contributed by atoms with E-state index in [-0.39, 0.29) is 16.9 Å². The summed E-state index contributed by atoms with van der Waals surface area (Å²) < 4.78 is 34.8. The Morgan fingerprint density at radius 3 is 2.52 bits per heavy atom. The summed E-state index contributed by atoms with van der Waals surface area (Å²) in [6, 6.07) is 19.4. The van der Waals surface area contributed by atoms with Gasteiger partial charge in [-0.25, -0.2) is 8.42 Å². The van der Waals surface area contributed by atoms with E-state index in [2.05, 4.69) is 34.3 Å². The van der Waals surface area contributed by atoms with Crippen molar-refractivity contribution in [3.05, 3.63) is 95.1 Å². The highest BCUT2D eigenvalue weighted by Crippen LogP contribution is 2.50. The Morgan fingerprint density at radius 1 is 1.00 bits per heavy atom. The fraction of sp³-hybridized carbons (Fsp3) is 0.259. The first kappa shape index (κ1) is 21.6. The molecule has 0 amide bonds. The second-order valence-electron chi connectivity index (χ2n) is 8.87. The van der Waals surface area contributed by atoms with E-state index in [9.17, 15) is 8.42 Å². The molecule has 0 saturated heterocycles. The molecule has 6 heteroatoms. The highest BCUT2D eigenvalue weighted by molar-refractivity contribution is 7.92. The van der Waals surface area contributed by atoms with Crippen molar-refractivity contribution in [2.75, 3.05) is 17.1 Å². The van der Waals surface area contributed by atoms with Gasteiger partial charge in [-0.15, -0.1) is 0 Å². The van der Waals surface area contributed by atoms with E-state index in [1.165, 1.54) is 5.56 Å². The van der Waals surface area contributed by atoms with E-state index >= 15 is 0 Å². The lowest BCUT2D eigenvalue weighted by Crippen LogP contribution is -2.29. The minimum absolute atomic E-state index is 0.128. The van der Waals surface area contributed by atoms with Crippen LogP contribution in [0, 0.1) is 19.8 Å². The summed E-state index contributed by atoms with van der Waals surface area (Å²) in [5.74, 6) is 1.31. The highest BCUT2D eigenvalue weighted by Gasteiger charge is 2.38. The van der Waals surface area contributed by atoms with Gasteiger partial charge < -0.3 is 10.1 Å². The topological polar surface area (TPSA) is 67.4 Å². The number of anilines is 2. The van der Waals surface area contributed by atoms with Gasteiger partial charge in [-0.1, -0.05) is 42.5 Å². The largest absolute Gasteiger partial charge is 0.497 e. The molecule has 1 heterocycles. The molecule has 3 atom stereocenters. The van der Waals surface area contributed by atoms with Crippen molar-refractivity contribution >= 4 is 21.4 Å². The van der Waals surface area contributed by atoms with Crippen LogP contribution in [-0.2, 0) is 10.0 Å². The maximum Gasteiger partial charge on any atom is 0.261 e. The summed E-state index contributed by atoms with van der Waals surface area (Å²) in [7, 11) is -2.04. The quantitative estimate of drug-likeness (QED) is 0.463. The summed E-state index contributed by atoms with van der Waals surface area (Å²) in [4.78, 5) is 0.282. The molecule has 0 aromatic heterocycles. The second kappa shape index (κ2) is 8.27. The molecule has 0 radical (unpaired) electrons. The Bertz CT molecular complexity index is 1330. The molecule has 3 aromatic carbocycles.